The molecular weight excluding hydrogens is 312 g/mol. The Balaban J connectivity index is 2.33. The zero-order chi connectivity index (χ0) is 17.6. The Kier molecular flexibility index (Phi) is 10.6. The van der Waals surface area contributed by atoms with Crippen LogP contribution in [0.1, 0.15) is 45.4 Å². The highest BCUT2D eigenvalue weighted by Gasteiger charge is 2.15. The van der Waals surface area contributed by atoms with Crippen LogP contribution in [0.4, 0.5) is 8.78 Å². The van der Waals surface area contributed by atoms with Gasteiger partial charge in [-0.25, -0.2) is 13.8 Å². The van der Waals surface area contributed by atoms with E-state index in [1.54, 1.807) is 12.2 Å². The van der Waals surface area contributed by atoms with E-state index in [1.165, 1.54) is 12.5 Å². The molecule has 0 bridgehead atoms. The molecule has 1 aliphatic carbocycles. The quantitative estimate of drug-likeness (QED) is 0.359. The largest absolute Gasteiger partial charge is 0.365 e. The van der Waals surface area contributed by atoms with Gasteiger partial charge in [0, 0.05) is 12.5 Å². The van der Waals surface area contributed by atoms with Gasteiger partial charge in [0.1, 0.15) is 12.6 Å². The molecule has 0 radical (unpaired) electrons. The predicted octanol–water partition coefficient (Wildman–Crippen LogP) is 4.61. The van der Waals surface area contributed by atoms with Crippen LogP contribution in [0.2, 0.25) is 0 Å². The lowest BCUT2D eigenvalue weighted by Gasteiger charge is -2.23. The van der Waals surface area contributed by atoms with Crippen LogP contribution in [0.15, 0.2) is 45.7 Å². The van der Waals surface area contributed by atoms with Gasteiger partial charge in [-0.05, 0) is 32.6 Å². The van der Waals surface area contributed by atoms with E-state index in [4.69, 9.17) is 4.74 Å². The molecule has 0 aromatic heterocycles. The van der Waals surface area contributed by atoms with Gasteiger partial charge in [-0.1, -0.05) is 31.4 Å². The summed E-state index contributed by atoms with van der Waals surface area (Å²) < 4.78 is 32.3. The second-order valence-electron chi connectivity index (χ2n) is 5.57. The van der Waals surface area contributed by atoms with E-state index in [9.17, 15) is 8.78 Å². The van der Waals surface area contributed by atoms with Crippen LogP contribution in [0, 0.1) is 0 Å². The third-order valence-corrected chi connectivity index (χ3v) is 3.66. The minimum absolute atomic E-state index is 0.0296. The van der Waals surface area contributed by atoms with E-state index < -0.39 is 5.83 Å². The molecule has 0 spiro atoms. The number of halogens is 2. The second-order valence-corrected chi connectivity index (χ2v) is 5.57. The van der Waals surface area contributed by atoms with Gasteiger partial charge in [-0.2, -0.15) is 0 Å². The van der Waals surface area contributed by atoms with E-state index in [-0.39, 0.29) is 37.4 Å². The summed E-state index contributed by atoms with van der Waals surface area (Å²) >= 11 is 0. The molecule has 1 N–H and O–H groups in total. The van der Waals surface area contributed by atoms with Gasteiger partial charge in [0.25, 0.3) is 0 Å². The Morgan fingerprint density at radius 1 is 1.29 bits per heavy atom. The number of nitrogens with one attached hydrogen (secondary N) is 1. The van der Waals surface area contributed by atoms with Crippen LogP contribution >= 0.6 is 0 Å². The maximum Gasteiger partial charge on any atom is 0.183 e. The molecule has 0 saturated heterocycles. The summed E-state index contributed by atoms with van der Waals surface area (Å²) in [6, 6.07) is 0.238. The SMILES string of the molecule is C=N/C(NC1CCCCC1)=C(F)\C=N/COCC/C(F)=C\C=C/C. The highest BCUT2D eigenvalue weighted by Crippen LogP contribution is 2.19. The molecule has 24 heavy (non-hydrogen) atoms. The van der Waals surface area contributed by atoms with E-state index in [0.29, 0.717) is 0 Å². The van der Waals surface area contributed by atoms with Crippen molar-refractivity contribution in [3.05, 3.63) is 35.7 Å². The molecule has 1 saturated carbocycles. The van der Waals surface area contributed by atoms with Crippen LogP contribution < -0.4 is 5.32 Å². The van der Waals surface area contributed by atoms with Gasteiger partial charge in [0.05, 0.1) is 12.8 Å². The van der Waals surface area contributed by atoms with Crippen molar-refractivity contribution in [3.63, 3.8) is 0 Å². The first-order valence-electron chi connectivity index (χ1n) is 8.35. The summed E-state index contributed by atoms with van der Waals surface area (Å²) in [6.07, 6.45) is 11.5. The number of hydrogen-bond donors (Lipinski definition) is 1. The molecule has 0 heterocycles. The zero-order valence-electron chi connectivity index (χ0n) is 14.3. The summed E-state index contributed by atoms with van der Waals surface area (Å²) in [6.45, 7) is 5.36. The van der Waals surface area contributed by atoms with Crippen LogP contribution in [0.3, 0.4) is 0 Å². The molecular formula is C18H27F2N3O. The highest BCUT2D eigenvalue weighted by molar-refractivity contribution is 5.76. The molecule has 1 rings (SSSR count). The third-order valence-electron chi connectivity index (χ3n) is 3.66. The molecule has 1 fully saturated rings. The Labute approximate surface area is 143 Å². The Morgan fingerprint density at radius 2 is 2.04 bits per heavy atom. The lowest BCUT2D eigenvalue weighted by atomic mass is 9.95. The number of rotatable bonds is 10. The monoisotopic (exact) mass is 339 g/mol. The molecule has 6 heteroatoms. The van der Waals surface area contributed by atoms with E-state index in [0.717, 1.165) is 31.9 Å². The average Bonchev–Trinajstić information content (AvgIpc) is 2.61. The molecule has 1 aliphatic rings. The molecule has 0 unspecified atom stereocenters. The van der Waals surface area contributed by atoms with Gasteiger partial charge in [-0.3, -0.25) is 4.99 Å². The number of hydrogen-bond acceptors (Lipinski definition) is 4. The fraction of sp³-hybridized carbons (Fsp3) is 0.556. The summed E-state index contributed by atoms with van der Waals surface area (Å²) in [7, 11) is 0. The van der Waals surface area contributed by atoms with Crippen LogP contribution in [-0.4, -0.2) is 32.3 Å². The maximum absolute atomic E-state index is 14.0. The first-order valence-corrected chi connectivity index (χ1v) is 8.35. The predicted molar refractivity (Wildman–Crippen MR) is 95.6 cm³/mol. The van der Waals surface area contributed by atoms with E-state index in [1.807, 2.05) is 6.92 Å². The van der Waals surface area contributed by atoms with E-state index >= 15 is 0 Å². The topological polar surface area (TPSA) is 46.0 Å². The van der Waals surface area contributed by atoms with Gasteiger partial charge in [0.15, 0.2) is 11.6 Å². The summed E-state index contributed by atoms with van der Waals surface area (Å²) in [4.78, 5) is 7.53. The lowest BCUT2D eigenvalue weighted by molar-refractivity contribution is 0.142. The second kappa shape index (κ2) is 12.6. The van der Waals surface area contributed by atoms with Crippen molar-refractivity contribution in [1.82, 2.24) is 5.32 Å². The third kappa shape index (κ3) is 8.72. The lowest BCUT2D eigenvalue weighted by Crippen LogP contribution is -2.30. The van der Waals surface area contributed by atoms with Crippen molar-refractivity contribution in [2.24, 2.45) is 9.98 Å². The molecule has 0 aromatic carbocycles. The number of aliphatic imine (C=N–C) groups is 2. The number of nitrogens with zero attached hydrogens (tertiary/aromatic N) is 2. The maximum atomic E-state index is 14.0. The normalized spacial score (nSPS) is 18.2. The minimum Gasteiger partial charge on any atom is -0.365 e. The molecule has 0 amide bonds. The Bertz CT molecular complexity index is 492. The number of ether oxygens (including phenoxy) is 1. The molecule has 4 nitrogen and oxygen atoms in total. The van der Waals surface area contributed by atoms with Gasteiger partial charge in [-0.15, -0.1) is 0 Å². The molecule has 0 aromatic rings. The van der Waals surface area contributed by atoms with Crippen molar-refractivity contribution < 1.29 is 13.5 Å². The summed E-state index contributed by atoms with van der Waals surface area (Å²) in [5.74, 6) is -0.720. The van der Waals surface area contributed by atoms with Crippen molar-refractivity contribution in [2.45, 2.75) is 51.5 Å². The molecule has 0 atom stereocenters. The van der Waals surface area contributed by atoms with Crippen LogP contribution in [-0.2, 0) is 4.74 Å². The van der Waals surface area contributed by atoms with Gasteiger partial charge in [0.2, 0.25) is 0 Å². The fourth-order valence-electron chi connectivity index (χ4n) is 2.38. The molecule has 134 valence electrons. The first kappa shape index (κ1) is 20.2. The zero-order valence-corrected chi connectivity index (χ0v) is 14.3. The summed E-state index contributed by atoms with van der Waals surface area (Å²) in [5.41, 5.74) is 0. The van der Waals surface area contributed by atoms with Gasteiger partial charge >= 0.3 is 0 Å². The van der Waals surface area contributed by atoms with E-state index in [2.05, 4.69) is 22.0 Å². The Morgan fingerprint density at radius 3 is 2.71 bits per heavy atom. The Hall–Kier alpha value is -1.82. The van der Waals surface area contributed by atoms with Crippen LogP contribution in [0.25, 0.3) is 0 Å². The summed E-state index contributed by atoms with van der Waals surface area (Å²) in [5, 5.41) is 3.07. The standard InChI is InChI=1S/C18H27F2N3O/c1-3-4-8-15(19)11-12-24-14-22-13-17(20)18(21-2)23-16-9-6-5-7-10-16/h3-4,8,13,16,23H,2,5-7,9-12,14H2,1H3/b4-3-,15-8+,18-17-,22-13-. The minimum atomic E-state index is -0.571. The van der Waals surface area contributed by atoms with Crippen molar-refractivity contribution in [1.29, 1.82) is 0 Å². The van der Waals surface area contributed by atoms with Gasteiger partial charge < -0.3 is 10.1 Å². The number of allylic oxidation sites excluding steroid dienone is 4. The van der Waals surface area contributed by atoms with Crippen molar-refractivity contribution in [2.75, 3.05) is 13.3 Å². The van der Waals surface area contributed by atoms with Crippen LogP contribution in [0.5, 0.6) is 0 Å². The average molecular weight is 339 g/mol. The highest BCUT2D eigenvalue weighted by atomic mass is 19.1. The smallest absolute Gasteiger partial charge is 0.183 e. The fourth-order valence-corrected chi connectivity index (χ4v) is 2.38. The van der Waals surface area contributed by atoms with Crippen molar-refractivity contribution in [3.8, 4) is 0 Å². The first-order chi connectivity index (χ1) is 11.7. The van der Waals surface area contributed by atoms with Crippen molar-refractivity contribution >= 4 is 12.9 Å². The molecule has 0 aliphatic heterocycles.